The second-order valence-electron chi connectivity index (χ2n) is 8.96. The zero-order valence-electron chi connectivity index (χ0n) is 20.5. The minimum atomic E-state index is -3.59. The van der Waals surface area contributed by atoms with Crippen molar-refractivity contribution in [1.82, 2.24) is 13.9 Å². The summed E-state index contributed by atoms with van der Waals surface area (Å²) in [7, 11) is -1.70. The number of nitrogens with zero attached hydrogens (tertiary/aromatic N) is 3. The van der Waals surface area contributed by atoms with Gasteiger partial charge in [-0.25, -0.2) is 13.4 Å². The molecule has 9 heteroatoms. The Kier molecular flexibility index (Phi) is 8.20. The van der Waals surface area contributed by atoms with Crippen molar-refractivity contribution in [3.63, 3.8) is 0 Å². The molecule has 0 aliphatic carbocycles. The van der Waals surface area contributed by atoms with E-state index in [9.17, 15) is 13.2 Å². The molecule has 0 saturated carbocycles. The van der Waals surface area contributed by atoms with E-state index in [4.69, 9.17) is 4.74 Å². The van der Waals surface area contributed by atoms with Crippen molar-refractivity contribution in [3.8, 4) is 0 Å². The number of anilines is 1. The van der Waals surface area contributed by atoms with Crippen LogP contribution >= 0.6 is 0 Å². The maximum absolute atomic E-state index is 13.0. The van der Waals surface area contributed by atoms with Gasteiger partial charge < -0.3 is 14.6 Å². The van der Waals surface area contributed by atoms with Gasteiger partial charge in [0.25, 0.3) is 0 Å². The molecule has 1 fully saturated rings. The van der Waals surface area contributed by atoms with Gasteiger partial charge in [0.2, 0.25) is 15.9 Å². The summed E-state index contributed by atoms with van der Waals surface area (Å²) in [6.07, 6.45) is 5.41. The number of nitrogens with one attached hydrogen (secondary N) is 1. The molecule has 8 nitrogen and oxygen atoms in total. The number of aromatic nitrogens is 2. The molecular weight excluding hydrogens is 464 g/mol. The third kappa shape index (κ3) is 6.09. The van der Waals surface area contributed by atoms with Crippen molar-refractivity contribution in [2.45, 2.75) is 50.3 Å². The summed E-state index contributed by atoms with van der Waals surface area (Å²) in [6, 6.07) is 13.1. The largest absolute Gasteiger partial charge is 0.379 e. The van der Waals surface area contributed by atoms with E-state index in [1.54, 1.807) is 18.2 Å². The Balaban J connectivity index is 1.38. The molecule has 1 aliphatic rings. The first kappa shape index (κ1) is 25.3. The summed E-state index contributed by atoms with van der Waals surface area (Å²) < 4.78 is 34.6. The number of aryl methyl sites for hydroxylation is 3. The molecule has 1 aromatic heterocycles. The second-order valence-corrected chi connectivity index (χ2v) is 10.9. The van der Waals surface area contributed by atoms with Gasteiger partial charge in [0, 0.05) is 38.7 Å². The van der Waals surface area contributed by atoms with Crippen LogP contribution in [0.15, 0.2) is 47.4 Å². The topological polar surface area (TPSA) is 93.5 Å². The van der Waals surface area contributed by atoms with E-state index in [-0.39, 0.29) is 17.2 Å². The van der Waals surface area contributed by atoms with Gasteiger partial charge in [-0.3, -0.25) is 4.79 Å². The molecule has 1 saturated heterocycles. The number of sulfonamides is 1. The highest BCUT2D eigenvalue weighted by Crippen LogP contribution is 2.23. The van der Waals surface area contributed by atoms with Crippen molar-refractivity contribution in [2.24, 2.45) is 7.05 Å². The Morgan fingerprint density at radius 3 is 2.51 bits per heavy atom. The van der Waals surface area contributed by atoms with E-state index in [0.29, 0.717) is 38.2 Å². The highest BCUT2D eigenvalue weighted by Gasteiger charge is 2.27. The number of hydrogen-bond donors (Lipinski definition) is 1. The van der Waals surface area contributed by atoms with Gasteiger partial charge in [0.05, 0.1) is 29.1 Å². The summed E-state index contributed by atoms with van der Waals surface area (Å²) in [5.74, 6) is 0.661. The van der Waals surface area contributed by atoms with Crippen LogP contribution in [0.25, 0.3) is 11.0 Å². The van der Waals surface area contributed by atoms with Crippen molar-refractivity contribution < 1.29 is 17.9 Å². The molecule has 1 N–H and O–H groups in total. The molecule has 0 atom stereocenters. The number of ether oxygens (including phenoxy) is 1. The van der Waals surface area contributed by atoms with Crippen LogP contribution in [0.4, 0.5) is 5.69 Å². The maximum atomic E-state index is 13.0. The number of imidazole rings is 1. The summed E-state index contributed by atoms with van der Waals surface area (Å²) in [5.41, 5.74) is 3.51. The molecule has 1 amide bonds. The number of fused-ring (bicyclic) bond motifs is 1. The van der Waals surface area contributed by atoms with Crippen LogP contribution in [0.1, 0.15) is 44.0 Å². The van der Waals surface area contributed by atoms with Crippen LogP contribution in [0.5, 0.6) is 0 Å². The van der Waals surface area contributed by atoms with Crippen LogP contribution in [0.3, 0.4) is 0 Å². The molecule has 4 rings (SSSR count). The lowest BCUT2D eigenvalue weighted by atomic mass is 10.1. The third-order valence-electron chi connectivity index (χ3n) is 6.44. The summed E-state index contributed by atoms with van der Waals surface area (Å²) in [5, 5.41) is 2.95. The molecule has 35 heavy (non-hydrogen) atoms. The normalized spacial score (nSPS) is 14.9. The van der Waals surface area contributed by atoms with Gasteiger partial charge in [-0.2, -0.15) is 4.31 Å². The predicted molar refractivity (Wildman–Crippen MR) is 137 cm³/mol. The monoisotopic (exact) mass is 498 g/mol. The number of carbonyl (C=O) groups excluding carboxylic acids is 1. The van der Waals surface area contributed by atoms with E-state index in [0.717, 1.165) is 23.4 Å². The van der Waals surface area contributed by atoms with Gasteiger partial charge in [-0.1, -0.05) is 31.9 Å². The Bertz CT molecular complexity index is 1260. The number of morpholine rings is 1. The van der Waals surface area contributed by atoms with E-state index in [1.165, 1.54) is 29.1 Å². The number of unbranched alkanes of at least 4 members (excludes halogenated alkanes) is 2. The van der Waals surface area contributed by atoms with Gasteiger partial charge >= 0.3 is 0 Å². The van der Waals surface area contributed by atoms with E-state index < -0.39 is 10.0 Å². The zero-order chi connectivity index (χ0) is 24.8. The van der Waals surface area contributed by atoms with Crippen molar-refractivity contribution in [1.29, 1.82) is 0 Å². The first-order valence-corrected chi connectivity index (χ1v) is 13.7. The fraction of sp³-hybridized carbons (Fsp3) is 0.462. The first-order valence-electron chi connectivity index (χ1n) is 12.3. The van der Waals surface area contributed by atoms with Gasteiger partial charge in [-0.15, -0.1) is 0 Å². The standard InChI is InChI=1S/C26H34N4O4S/c1-3-4-5-6-20-7-9-21(10-8-20)27-26(31)14-13-25-28-23-19-22(11-12-24(23)29(25)2)35(32,33)30-15-17-34-18-16-30/h7-12,19H,3-6,13-18H2,1-2H3,(H,27,31). The molecule has 0 spiro atoms. The average molecular weight is 499 g/mol. The highest BCUT2D eigenvalue weighted by molar-refractivity contribution is 7.89. The number of benzene rings is 2. The number of rotatable bonds is 10. The lowest BCUT2D eigenvalue weighted by Crippen LogP contribution is -2.40. The number of hydrogen-bond acceptors (Lipinski definition) is 5. The van der Waals surface area contributed by atoms with Crippen LogP contribution in [-0.4, -0.2) is 54.5 Å². The second kappa shape index (κ2) is 11.3. The Hall–Kier alpha value is -2.75. The molecule has 1 aliphatic heterocycles. The van der Waals surface area contributed by atoms with Crippen molar-refractivity contribution >= 4 is 32.7 Å². The smallest absolute Gasteiger partial charge is 0.243 e. The fourth-order valence-corrected chi connectivity index (χ4v) is 5.76. The minimum Gasteiger partial charge on any atom is -0.379 e. The Morgan fingerprint density at radius 1 is 1.06 bits per heavy atom. The minimum absolute atomic E-state index is 0.0774. The van der Waals surface area contributed by atoms with Crippen LogP contribution in [0.2, 0.25) is 0 Å². The number of carbonyl (C=O) groups is 1. The molecule has 0 radical (unpaired) electrons. The van der Waals surface area contributed by atoms with Crippen LogP contribution in [-0.2, 0) is 39.4 Å². The summed E-state index contributed by atoms with van der Waals surface area (Å²) in [6.45, 7) is 3.70. The first-order chi connectivity index (χ1) is 16.9. The van der Waals surface area contributed by atoms with Crippen molar-refractivity contribution in [3.05, 3.63) is 53.9 Å². The highest BCUT2D eigenvalue weighted by atomic mass is 32.2. The van der Waals surface area contributed by atoms with Crippen LogP contribution in [0, 0.1) is 0 Å². The zero-order valence-corrected chi connectivity index (χ0v) is 21.3. The van der Waals surface area contributed by atoms with Crippen LogP contribution < -0.4 is 5.32 Å². The lowest BCUT2D eigenvalue weighted by Gasteiger charge is -2.26. The summed E-state index contributed by atoms with van der Waals surface area (Å²) >= 11 is 0. The summed E-state index contributed by atoms with van der Waals surface area (Å²) in [4.78, 5) is 17.4. The van der Waals surface area contributed by atoms with Crippen molar-refractivity contribution in [2.75, 3.05) is 31.6 Å². The molecule has 2 heterocycles. The Morgan fingerprint density at radius 2 is 1.80 bits per heavy atom. The van der Waals surface area contributed by atoms with Gasteiger partial charge in [-0.05, 0) is 48.7 Å². The average Bonchev–Trinajstić information content (AvgIpc) is 3.19. The molecular formula is C26H34N4O4S. The molecule has 188 valence electrons. The third-order valence-corrected chi connectivity index (χ3v) is 8.33. The molecule has 3 aromatic rings. The SMILES string of the molecule is CCCCCc1ccc(NC(=O)CCc2nc3cc(S(=O)(=O)N4CCOCC4)ccc3n2C)cc1. The quantitative estimate of drug-likeness (QED) is 0.428. The van der Waals surface area contributed by atoms with Gasteiger partial charge in [0.1, 0.15) is 5.82 Å². The van der Waals surface area contributed by atoms with E-state index in [2.05, 4.69) is 29.4 Å². The van der Waals surface area contributed by atoms with E-state index in [1.807, 2.05) is 23.7 Å². The number of amides is 1. The lowest BCUT2D eigenvalue weighted by molar-refractivity contribution is -0.116. The molecule has 0 unspecified atom stereocenters. The predicted octanol–water partition coefficient (Wildman–Crippen LogP) is 3.90. The fourth-order valence-electron chi connectivity index (χ4n) is 4.33. The van der Waals surface area contributed by atoms with E-state index >= 15 is 0 Å². The molecule has 0 bridgehead atoms. The Labute approximate surface area is 207 Å². The van der Waals surface area contributed by atoms with Gasteiger partial charge in [0.15, 0.2) is 0 Å². The maximum Gasteiger partial charge on any atom is 0.243 e. The molecule has 2 aromatic carbocycles.